The van der Waals surface area contributed by atoms with Gasteiger partial charge >= 0.3 is 0 Å². The minimum absolute atomic E-state index is 0.113. The molecule has 1 saturated heterocycles. The van der Waals surface area contributed by atoms with Crippen LogP contribution in [0.5, 0.6) is 0 Å². The quantitative estimate of drug-likeness (QED) is 0.837. The van der Waals surface area contributed by atoms with Crippen LogP contribution in [-0.2, 0) is 16.1 Å². The van der Waals surface area contributed by atoms with Crippen LogP contribution in [0.2, 0.25) is 0 Å². The van der Waals surface area contributed by atoms with Gasteiger partial charge in [0.15, 0.2) is 0 Å². The van der Waals surface area contributed by atoms with Gasteiger partial charge < -0.3 is 19.8 Å². The normalized spacial score (nSPS) is 20.8. The van der Waals surface area contributed by atoms with Gasteiger partial charge in [-0.2, -0.15) is 0 Å². The Morgan fingerprint density at radius 2 is 1.92 bits per heavy atom. The maximum Gasteiger partial charge on any atom is 0.255 e. The lowest BCUT2D eigenvalue weighted by molar-refractivity contribution is -0.128. The number of carbonyl (C=O) groups is 2. The molecule has 1 aromatic heterocycles. The number of likely N-dealkylation sites (N-methyl/N-ethyl adjacent to an activating group) is 1. The fourth-order valence-corrected chi connectivity index (χ4v) is 3.66. The SMILES string of the molecule is CNC(=O)C1(NC(=O)c2coc(CN3CCOCC3)c2)CCCCC1. The van der Waals surface area contributed by atoms with Gasteiger partial charge in [0.2, 0.25) is 5.91 Å². The maximum absolute atomic E-state index is 12.7. The highest BCUT2D eigenvalue weighted by Gasteiger charge is 2.40. The molecule has 0 aromatic carbocycles. The first-order chi connectivity index (χ1) is 12.1. The molecule has 0 bridgehead atoms. The van der Waals surface area contributed by atoms with Gasteiger partial charge in [-0.15, -0.1) is 0 Å². The number of rotatable bonds is 5. The molecule has 1 aliphatic heterocycles. The number of hydrogen-bond donors (Lipinski definition) is 2. The van der Waals surface area contributed by atoms with Crippen LogP contribution in [0.25, 0.3) is 0 Å². The molecule has 2 N–H and O–H groups in total. The van der Waals surface area contributed by atoms with Crippen LogP contribution in [0, 0.1) is 0 Å². The van der Waals surface area contributed by atoms with E-state index in [0.717, 1.165) is 51.3 Å². The van der Waals surface area contributed by atoms with E-state index in [1.165, 1.54) is 6.26 Å². The summed E-state index contributed by atoms with van der Waals surface area (Å²) >= 11 is 0. The Labute approximate surface area is 148 Å². The van der Waals surface area contributed by atoms with Crippen molar-refractivity contribution in [2.24, 2.45) is 0 Å². The van der Waals surface area contributed by atoms with Crippen molar-refractivity contribution < 1.29 is 18.7 Å². The number of amides is 2. The smallest absolute Gasteiger partial charge is 0.255 e. The first kappa shape index (κ1) is 17.9. The minimum Gasteiger partial charge on any atom is -0.467 e. The van der Waals surface area contributed by atoms with Crippen molar-refractivity contribution in [3.8, 4) is 0 Å². The molecule has 7 heteroatoms. The van der Waals surface area contributed by atoms with Crippen LogP contribution < -0.4 is 10.6 Å². The molecule has 25 heavy (non-hydrogen) atoms. The maximum atomic E-state index is 12.7. The highest BCUT2D eigenvalue weighted by atomic mass is 16.5. The average molecular weight is 349 g/mol. The molecule has 7 nitrogen and oxygen atoms in total. The van der Waals surface area contributed by atoms with Crippen LogP contribution in [-0.4, -0.2) is 55.6 Å². The van der Waals surface area contributed by atoms with E-state index in [0.29, 0.717) is 24.9 Å². The highest BCUT2D eigenvalue weighted by molar-refractivity contribution is 5.99. The fourth-order valence-electron chi connectivity index (χ4n) is 3.66. The summed E-state index contributed by atoms with van der Waals surface area (Å²) in [6.07, 6.45) is 5.83. The van der Waals surface area contributed by atoms with Gasteiger partial charge in [0.1, 0.15) is 17.6 Å². The van der Waals surface area contributed by atoms with Crippen LogP contribution in [0.1, 0.15) is 48.2 Å². The Balaban J connectivity index is 1.64. The Hall–Kier alpha value is -1.86. The Kier molecular flexibility index (Phi) is 5.75. The zero-order valence-corrected chi connectivity index (χ0v) is 14.8. The van der Waals surface area contributed by atoms with E-state index in [2.05, 4.69) is 15.5 Å². The topological polar surface area (TPSA) is 83.8 Å². The predicted molar refractivity (Wildman–Crippen MR) is 92.2 cm³/mol. The van der Waals surface area contributed by atoms with E-state index < -0.39 is 5.54 Å². The molecule has 3 rings (SSSR count). The predicted octanol–water partition coefficient (Wildman–Crippen LogP) is 1.29. The van der Waals surface area contributed by atoms with Gasteiger partial charge in [-0.1, -0.05) is 19.3 Å². The summed E-state index contributed by atoms with van der Waals surface area (Å²) < 4.78 is 10.9. The van der Waals surface area contributed by atoms with Crippen LogP contribution in [0.4, 0.5) is 0 Å². The summed E-state index contributed by atoms with van der Waals surface area (Å²) in [6, 6.07) is 1.77. The lowest BCUT2D eigenvalue weighted by atomic mass is 9.80. The number of ether oxygens (including phenoxy) is 1. The van der Waals surface area contributed by atoms with Crippen molar-refractivity contribution in [3.63, 3.8) is 0 Å². The van der Waals surface area contributed by atoms with Crippen molar-refractivity contribution in [1.29, 1.82) is 0 Å². The molecular formula is C18H27N3O4. The van der Waals surface area contributed by atoms with Gasteiger partial charge in [0, 0.05) is 20.1 Å². The van der Waals surface area contributed by atoms with Crippen molar-refractivity contribution in [1.82, 2.24) is 15.5 Å². The largest absolute Gasteiger partial charge is 0.467 e. The van der Waals surface area contributed by atoms with E-state index in [1.54, 1.807) is 13.1 Å². The molecule has 0 radical (unpaired) electrons. The summed E-state index contributed by atoms with van der Waals surface area (Å²) in [6.45, 7) is 3.84. The number of carbonyl (C=O) groups excluding carboxylic acids is 2. The van der Waals surface area contributed by atoms with Crippen molar-refractivity contribution in [2.75, 3.05) is 33.4 Å². The van der Waals surface area contributed by atoms with Gasteiger partial charge in [-0.3, -0.25) is 14.5 Å². The summed E-state index contributed by atoms with van der Waals surface area (Å²) in [5.41, 5.74) is -0.330. The second-order valence-corrected chi connectivity index (χ2v) is 6.87. The van der Waals surface area contributed by atoms with E-state index in [4.69, 9.17) is 9.15 Å². The van der Waals surface area contributed by atoms with Crippen LogP contribution >= 0.6 is 0 Å². The fraction of sp³-hybridized carbons (Fsp3) is 0.667. The lowest BCUT2D eigenvalue weighted by Gasteiger charge is -2.36. The van der Waals surface area contributed by atoms with Crippen molar-refractivity contribution in [3.05, 3.63) is 23.7 Å². The molecule has 2 amide bonds. The van der Waals surface area contributed by atoms with E-state index in [-0.39, 0.29) is 11.8 Å². The van der Waals surface area contributed by atoms with E-state index in [1.807, 2.05) is 0 Å². The Morgan fingerprint density at radius 1 is 1.20 bits per heavy atom. The van der Waals surface area contributed by atoms with Crippen LogP contribution in [0.3, 0.4) is 0 Å². The molecular weight excluding hydrogens is 322 g/mol. The lowest BCUT2D eigenvalue weighted by Crippen LogP contribution is -2.59. The standard InChI is InChI=1S/C18H27N3O4/c1-19-17(23)18(5-3-2-4-6-18)20-16(22)14-11-15(25-13-14)12-21-7-9-24-10-8-21/h11,13H,2-10,12H2,1H3,(H,19,23)(H,20,22). The van der Waals surface area contributed by atoms with E-state index >= 15 is 0 Å². The molecule has 2 fully saturated rings. The van der Waals surface area contributed by atoms with Gasteiger partial charge in [0.05, 0.1) is 25.3 Å². The number of nitrogens with one attached hydrogen (secondary N) is 2. The van der Waals surface area contributed by atoms with Crippen molar-refractivity contribution in [2.45, 2.75) is 44.2 Å². The molecule has 2 heterocycles. The second kappa shape index (κ2) is 8.01. The summed E-state index contributed by atoms with van der Waals surface area (Å²) in [5.74, 6) is 0.393. The summed E-state index contributed by atoms with van der Waals surface area (Å²) in [5, 5.41) is 5.67. The molecule has 0 unspecified atom stereocenters. The van der Waals surface area contributed by atoms with Crippen LogP contribution in [0.15, 0.2) is 16.7 Å². The third-order valence-corrected chi connectivity index (χ3v) is 5.12. The zero-order chi connectivity index (χ0) is 17.7. The Morgan fingerprint density at radius 3 is 2.60 bits per heavy atom. The molecule has 138 valence electrons. The number of morpholine rings is 1. The first-order valence-corrected chi connectivity index (χ1v) is 9.05. The average Bonchev–Trinajstić information content (AvgIpc) is 3.11. The van der Waals surface area contributed by atoms with Gasteiger partial charge in [0.25, 0.3) is 5.91 Å². The zero-order valence-electron chi connectivity index (χ0n) is 14.8. The number of hydrogen-bond acceptors (Lipinski definition) is 5. The molecule has 1 aliphatic carbocycles. The highest BCUT2D eigenvalue weighted by Crippen LogP contribution is 2.29. The summed E-state index contributed by atoms with van der Waals surface area (Å²) in [7, 11) is 1.61. The van der Waals surface area contributed by atoms with Crippen molar-refractivity contribution >= 4 is 11.8 Å². The second-order valence-electron chi connectivity index (χ2n) is 6.87. The molecule has 0 spiro atoms. The Bertz CT molecular complexity index is 601. The minimum atomic E-state index is -0.800. The first-order valence-electron chi connectivity index (χ1n) is 9.05. The molecule has 1 saturated carbocycles. The van der Waals surface area contributed by atoms with E-state index in [9.17, 15) is 9.59 Å². The van der Waals surface area contributed by atoms with Gasteiger partial charge in [-0.05, 0) is 18.9 Å². The third kappa shape index (κ3) is 4.22. The van der Waals surface area contributed by atoms with Gasteiger partial charge in [-0.25, -0.2) is 0 Å². The molecule has 1 aromatic rings. The molecule has 2 aliphatic rings. The molecule has 0 atom stereocenters. The monoisotopic (exact) mass is 349 g/mol. The number of nitrogens with zero attached hydrogens (tertiary/aromatic N) is 1. The summed E-state index contributed by atoms with van der Waals surface area (Å²) in [4.78, 5) is 27.2. The third-order valence-electron chi connectivity index (χ3n) is 5.12. The number of furan rings is 1.